The average Bonchev–Trinajstić information content (AvgIpc) is 2.87. The van der Waals surface area contributed by atoms with E-state index in [2.05, 4.69) is 10.1 Å². The lowest BCUT2D eigenvalue weighted by Gasteiger charge is -2.09. The maximum atomic E-state index is 13.6. The van der Waals surface area contributed by atoms with Crippen LogP contribution in [0.1, 0.15) is 25.7 Å². The minimum absolute atomic E-state index is 0.169. The number of hydrogen-bond donors (Lipinski definition) is 1. The van der Waals surface area contributed by atoms with Gasteiger partial charge >= 0.3 is 0 Å². The first-order valence-corrected chi connectivity index (χ1v) is 5.96. The molecule has 1 aromatic carbocycles. The second-order valence-electron chi connectivity index (χ2n) is 4.58. The van der Waals surface area contributed by atoms with Crippen LogP contribution in [0.3, 0.4) is 0 Å². The van der Waals surface area contributed by atoms with Crippen LogP contribution in [-0.2, 0) is 0 Å². The molecule has 5 nitrogen and oxygen atoms in total. The molecule has 0 aliphatic rings. The highest BCUT2D eigenvalue weighted by Crippen LogP contribution is 2.25. The van der Waals surface area contributed by atoms with Crippen LogP contribution in [-0.4, -0.2) is 17.3 Å². The van der Waals surface area contributed by atoms with Gasteiger partial charge in [0.25, 0.3) is 5.89 Å². The van der Waals surface area contributed by atoms with Crippen LogP contribution in [0.2, 0.25) is 0 Å². The number of aromatic nitrogens is 2. The molecule has 2 rings (SSSR count). The summed E-state index contributed by atoms with van der Waals surface area (Å²) in [4.78, 5) is 4.19. The third kappa shape index (κ3) is 2.73. The van der Waals surface area contributed by atoms with Gasteiger partial charge in [0.1, 0.15) is 0 Å². The first-order valence-electron chi connectivity index (χ1n) is 5.96. The van der Waals surface area contributed by atoms with Gasteiger partial charge in [-0.2, -0.15) is 4.98 Å². The van der Waals surface area contributed by atoms with E-state index in [1.54, 1.807) is 6.07 Å². The van der Waals surface area contributed by atoms with Gasteiger partial charge in [-0.05, 0) is 24.1 Å². The molecule has 0 bridgehead atoms. The highest BCUT2D eigenvalue weighted by molar-refractivity contribution is 5.54. The van der Waals surface area contributed by atoms with Crippen LogP contribution >= 0.6 is 0 Å². The second kappa shape index (κ2) is 5.36. The minimum Gasteiger partial charge on any atom is -0.494 e. The molecule has 0 fully saturated rings. The van der Waals surface area contributed by atoms with Crippen LogP contribution in [0, 0.1) is 11.7 Å². The normalized spacial score (nSPS) is 12.7. The van der Waals surface area contributed by atoms with Gasteiger partial charge in [-0.15, -0.1) is 0 Å². The third-order valence-corrected chi connectivity index (χ3v) is 2.86. The lowest BCUT2D eigenvalue weighted by Crippen LogP contribution is -2.18. The maximum absolute atomic E-state index is 13.6. The molecule has 0 aliphatic carbocycles. The van der Waals surface area contributed by atoms with Crippen LogP contribution < -0.4 is 10.5 Å². The number of ether oxygens (including phenoxy) is 1. The average molecular weight is 265 g/mol. The summed E-state index contributed by atoms with van der Waals surface area (Å²) in [6.45, 7) is 3.93. The molecule has 0 saturated carbocycles. The Kier molecular flexibility index (Phi) is 3.80. The van der Waals surface area contributed by atoms with Crippen molar-refractivity contribution in [3.05, 3.63) is 29.8 Å². The zero-order valence-corrected chi connectivity index (χ0v) is 11.1. The molecule has 2 aromatic rings. The summed E-state index contributed by atoms with van der Waals surface area (Å²) < 4.78 is 23.5. The van der Waals surface area contributed by atoms with Gasteiger partial charge in [0.2, 0.25) is 0 Å². The predicted molar refractivity (Wildman–Crippen MR) is 68.0 cm³/mol. The highest BCUT2D eigenvalue weighted by Gasteiger charge is 2.18. The molecule has 1 aromatic heterocycles. The Hall–Kier alpha value is -1.95. The summed E-state index contributed by atoms with van der Waals surface area (Å²) in [5, 5.41) is 3.82. The largest absolute Gasteiger partial charge is 0.494 e. The third-order valence-electron chi connectivity index (χ3n) is 2.86. The number of benzene rings is 1. The van der Waals surface area contributed by atoms with E-state index in [4.69, 9.17) is 15.0 Å². The van der Waals surface area contributed by atoms with E-state index >= 15 is 0 Å². The predicted octanol–water partition coefficient (Wildman–Crippen LogP) is 2.54. The summed E-state index contributed by atoms with van der Waals surface area (Å²) >= 11 is 0. The fraction of sp³-hybridized carbons (Fsp3) is 0.385. The Morgan fingerprint density at radius 3 is 2.68 bits per heavy atom. The fourth-order valence-corrected chi connectivity index (χ4v) is 1.59. The van der Waals surface area contributed by atoms with Crippen molar-refractivity contribution >= 4 is 0 Å². The van der Waals surface area contributed by atoms with Gasteiger partial charge in [0, 0.05) is 5.56 Å². The van der Waals surface area contributed by atoms with Crippen LogP contribution in [0.15, 0.2) is 22.7 Å². The van der Waals surface area contributed by atoms with Crippen molar-refractivity contribution in [2.75, 3.05) is 7.11 Å². The lowest BCUT2D eigenvalue weighted by atomic mass is 10.1. The Balaban J connectivity index is 2.30. The van der Waals surface area contributed by atoms with Gasteiger partial charge < -0.3 is 15.0 Å². The van der Waals surface area contributed by atoms with Gasteiger partial charge in [0.15, 0.2) is 17.4 Å². The Bertz CT molecular complexity index is 569. The molecule has 0 spiro atoms. The number of rotatable bonds is 4. The Morgan fingerprint density at radius 2 is 2.11 bits per heavy atom. The monoisotopic (exact) mass is 265 g/mol. The molecule has 0 aliphatic heterocycles. The van der Waals surface area contributed by atoms with Crippen molar-refractivity contribution in [3.63, 3.8) is 0 Å². The smallest absolute Gasteiger partial charge is 0.258 e. The molecule has 1 heterocycles. The van der Waals surface area contributed by atoms with E-state index in [0.717, 1.165) is 0 Å². The first-order chi connectivity index (χ1) is 9.02. The molecule has 1 atom stereocenters. The number of halogens is 1. The second-order valence-corrected chi connectivity index (χ2v) is 4.58. The molecule has 1 unspecified atom stereocenters. The van der Waals surface area contributed by atoms with Crippen molar-refractivity contribution in [3.8, 4) is 17.2 Å². The topological polar surface area (TPSA) is 74.2 Å². The quantitative estimate of drug-likeness (QED) is 0.919. The molecule has 102 valence electrons. The standard InChI is InChI=1S/C13H16FN3O2/c1-7(2)11(15)12-16-13(19-17-12)8-4-5-10(18-3)9(14)6-8/h4-7,11H,15H2,1-3H3. The molecule has 0 amide bonds. The lowest BCUT2D eigenvalue weighted by molar-refractivity contribution is 0.385. The molecular weight excluding hydrogens is 249 g/mol. The molecule has 2 N–H and O–H groups in total. The number of methoxy groups -OCH3 is 1. The molecule has 0 radical (unpaired) electrons. The van der Waals surface area contributed by atoms with Crippen molar-refractivity contribution in [1.29, 1.82) is 0 Å². The Labute approximate surface area is 110 Å². The molecule has 19 heavy (non-hydrogen) atoms. The minimum atomic E-state index is -0.479. The van der Waals surface area contributed by atoms with Crippen molar-refractivity contribution in [2.45, 2.75) is 19.9 Å². The van der Waals surface area contributed by atoms with Gasteiger partial charge in [-0.1, -0.05) is 19.0 Å². The summed E-state index contributed by atoms with van der Waals surface area (Å²) in [7, 11) is 1.41. The summed E-state index contributed by atoms with van der Waals surface area (Å²) in [5.41, 5.74) is 6.42. The van der Waals surface area contributed by atoms with Crippen molar-refractivity contribution in [2.24, 2.45) is 11.7 Å². The highest BCUT2D eigenvalue weighted by atomic mass is 19.1. The van der Waals surface area contributed by atoms with Crippen LogP contribution in [0.25, 0.3) is 11.5 Å². The summed E-state index contributed by atoms with van der Waals surface area (Å²) in [6.07, 6.45) is 0. The molecule has 0 saturated heterocycles. The van der Waals surface area contributed by atoms with E-state index in [1.165, 1.54) is 19.2 Å². The van der Waals surface area contributed by atoms with E-state index in [1.807, 2.05) is 13.8 Å². The Morgan fingerprint density at radius 1 is 1.37 bits per heavy atom. The van der Waals surface area contributed by atoms with Gasteiger partial charge in [-0.25, -0.2) is 4.39 Å². The zero-order chi connectivity index (χ0) is 14.0. The zero-order valence-electron chi connectivity index (χ0n) is 11.1. The molecular formula is C13H16FN3O2. The fourth-order valence-electron chi connectivity index (χ4n) is 1.59. The summed E-state index contributed by atoms with van der Waals surface area (Å²) in [6, 6.07) is 4.15. The van der Waals surface area contributed by atoms with E-state index in [0.29, 0.717) is 11.4 Å². The van der Waals surface area contributed by atoms with Crippen LogP contribution in [0.5, 0.6) is 5.75 Å². The summed E-state index contributed by atoms with van der Waals surface area (Å²) in [5.74, 6) is 0.544. The number of hydrogen-bond acceptors (Lipinski definition) is 5. The van der Waals surface area contributed by atoms with Gasteiger partial charge in [0.05, 0.1) is 13.2 Å². The van der Waals surface area contributed by atoms with E-state index in [-0.39, 0.29) is 23.6 Å². The first kappa shape index (κ1) is 13.5. The number of nitrogens with two attached hydrogens (primary N) is 1. The number of nitrogens with zero attached hydrogens (tertiary/aromatic N) is 2. The van der Waals surface area contributed by atoms with Crippen molar-refractivity contribution < 1.29 is 13.7 Å². The van der Waals surface area contributed by atoms with Crippen LogP contribution in [0.4, 0.5) is 4.39 Å². The van der Waals surface area contributed by atoms with Gasteiger partial charge in [-0.3, -0.25) is 0 Å². The van der Waals surface area contributed by atoms with Crippen molar-refractivity contribution in [1.82, 2.24) is 10.1 Å². The molecule has 6 heteroatoms. The maximum Gasteiger partial charge on any atom is 0.258 e. The SMILES string of the molecule is COc1ccc(-c2nc(C(N)C(C)C)no2)cc1F. The van der Waals surface area contributed by atoms with E-state index in [9.17, 15) is 4.39 Å². The van der Waals surface area contributed by atoms with E-state index < -0.39 is 5.82 Å².